The Morgan fingerprint density at radius 3 is 2.51 bits per heavy atom. The average molecular weight is 526 g/mol. The highest BCUT2D eigenvalue weighted by Gasteiger charge is 2.17. The zero-order chi connectivity index (χ0) is 27.2. The number of fused-ring (bicyclic) bond motifs is 1. The van der Waals surface area contributed by atoms with Crippen LogP contribution in [0.5, 0.6) is 5.75 Å². The van der Waals surface area contributed by atoms with Crippen molar-refractivity contribution in [1.29, 1.82) is 5.26 Å². The Hall–Kier alpha value is -4.64. The van der Waals surface area contributed by atoms with Gasteiger partial charge in [0.15, 0.2) is 0 Å². The molecule has 0 saturated heterocycles. The van der Waals surface area contributed by atoms with Crippen molar-refractivity contribution in [3.8, 4) is 23.1 Å². The highest BCUT2D eigenvalue weighted by Crippen LogP contribution is 2.23. The van der Waals surface area contributed by atoms with Crippen LogP contribution in [-0.2, 0) is 11.2 Å². The molecule has 2 N–H and O–H groups in total. The Morgan fingerprint density at radius 2 is 1.87 bits per heavy atom. The lowest BCUT2D eigenvalue weighted by atomic mass is 10.0. The second-order valence-electron chi connectivity index (χ2n) is 9.55. The maximum atomic E-state index is 13.1. The lowest BCUT2D eigenvalue weighted by Crippen LogP contribution is -2.44. The van der Waals surface area contributed by atoms with Gasteiger partial charge in [0.25, 0.3) is 5.91 Å². The van der Waals surface area contributed by atoms with Crippen LogP contribution in [0, 0.1) is 18.3 Å². The standard InChI is InChI=1S/C30H31N5O3.CH4/c1-19(2)38-28-12-11-24(15-25(28)16-31)30(37)33-26(17-32-21(4)36)14-22-7-9-23(10-8-22)27-18-35-13-5-6-20(3)29(35)34-27;/h5-13,15,18-19,26H,14,17H2,1-4H3,(H,32,36)(H,33,37);1H4/t26-;/m0./s1. The number of carbonyl (C=O) groups excluding carboxylic acids is 2. The molecule has 202 valence electrons. The SMILES string of the molecule is C.CC(=O)NC[C@H](Cc1ccc(-c2cn3cccc(C)c3n2)cc1)NC(=O)c1ccc(OC(C)C)c(C#N)c1. The van der Waals surface area contributed by atoms with Gasteiger partial charge in [-0.1, -0.05) is 37.8 Å². The van der Waals surface area contributed by atoms with Crippen molar-refractivity contribution < 1.29 is 14.3 Å². The topological polar surface area (TPSA) is 109 Å². The number of pyridine rings is 1. The normalized spacial score (nSPS) is 11.4. The Balaban J connectivity index is 0.00000420. The van der Waals surface area contributed by atoms with E-state index in [1.165, 1.54) is 13.0 Å². The minimum absolute atomic E-state index is 0. The van der Waals surface area contributed by atoms with Crippen LogP contribution in [0.1, 0.15) is 55.2 Å². The summed E-state index contributed by atoms with van der Waals surface area (Å²) in [5.41, 5.74) is 5.55. The fourth-order valence-corrected chi connectivity index (χ4v) is 4.21. The number of nitrogens with zero attached hydrogens (tertiary/aromatic N) is 3. The number of benzene rings is 2. The van der Waals surface area contributed by atoms with E-state index in [4.69, 9.17) is 9.72 Å². The molecule has 0 unspecified atom stereocenters. The molecule has 0 aliphatic rings. The summed E-state index contributed by atoms with van der Waals surface area (Å²) in [5.74, 6) is -0.0666. The third-order valence-electron chi connectivity index (χ3n) is 6.07. The molecule has 8 nitrogen and oxygen atoms in total. The van der Waals surface area contributed by atoms with Gasteiger partial charge in [0.2, 0.25) is 5.91 Å². The molecular formula is C31H35N5O3. The van der Waals surface area contributed by atoms with E-state index in [9.17, 15) is 14.9 Å². The minimum Gasteiger partial charge on any atom is -0.490 e. The van der Waals surface area contributed by atoms with Crippen LogP contribution in [0.3, 0.4) is 0 Å². The van der Waals surface area contributed by atoms with Crippen LogP contribution in [0.15, 0.2) is 67.0 Å². The number of nitriles is 1. The molecule has 39 heavy (non-hydrogen) atoms. The van der Waals surface area contributed by atoms with Crippen molar-refractivity contribution in [2.75, 3.05) is 6.54 Å². The van der Waals surface area contributed by atoms with Crippen LogP contribution in [-0.4, -0.2) is 39.9 Å². The lowest BCUT2D eigenvalue weighted by molar-refractivity contribution is -0.119. The number of aromatic nitrogens is 2. The Labute approximate surface area is 229 Å². The summed E-state index contributed by atoms with van der Waals surface area (Å²) in [6.07, 6.45) is 4.40. The van der Waals surface area contributed by atoms with Gasteiger partial charge in [0, 0.05) is 37.0 Å². The second-order valence-corrected chi connectivity index (χ2v) is 9.55. The Kier molecular flexibility index (Phi) is 9.45. The first-order valence-corrected chi connectivity index (χ1v) is 12.5. The number of aryl methyl sites for hydroxylation is 1. The maximum Gasteiger partial charge on any atom is 0.251 e. The summed E-state index contributed by atoms with van der Waals surface area (Å²) < 4.78 is 7.66. The molecule has 2 aromatic heterocycles. The van der Waals surface area contributed by atoms with Gasteiger partial charge in [-0.2, -0.15) is 5.26 Å². The fourth-order valence-electron chi connectivity index (χ4n) is 4.21. The molecule has 0 aliphatic heterocycles. The number of rotatable bonds is 9. The molecule has 0 radical (unpaired) electrons. The predicted octanol–water partition coefficient (Wildman–Crippen LogP) is 5.08. The van der Waals surface area contributed by atoms with Gasteiger partial charge < -0.3 is 19.8 Å². The highest BCUT2D eigenvalue weighted by atomic mass is 16.5. The van der Waals surface area contributed by atoms with Gasteiger partial charge in [0.05, 0.1) is 23.4 Å². The molecule has 0 saturated carbocycles. The van der Waals surface area contributed by atoms with Gasteiger partial charge in [-0.25, -0.2) is 4.98 Å². The van der Waals surface area contributed by atoms with E-state index in [-0.39, 0.29) is 37.9 Å². The van der Waals surface area contributed by atoms with Crippen LogP contribution < -0.4 is 15.4 Å². The zero-order valence-corrected chi connectivity index (χ0v) is 22.0. The quantitative estimate of drug-likeness (QED) is 0.317. The summed E-state index contributed by atoms with van der Waals surface area (Å²) in [5, 5.41) is 15.3. The molecule has 1 atom stereocenters. The van der Waals surface area contributed by atoms with Crippen molar-refractivity contribution in [2.24, 2.45) is 0 Å². The average Bonchev–Trinajstić information content (AvgIpc) is 3.33. The van der Waals surface area contributed by atoms with E-state index in [2.05, 4.69) is 16.7 Å². The first-order chi connectivity index (χ1) is 18.2. The number of imidazole rings is 1. The van der Waals surface area contributed by atoms with E-state index in [0.717, 1.165) is 28.0 Å². The molecule has 0 bridgehead atoms. The summed E-state index contributed by atoms with van der Waals surface area (Å²) in [4.78, 5) is 29.4. The van der Waals surface area contributed by atoms with E-state index in [1.54, 1.807) is 12.1 Å². The van der Waals surface area contributed by atoms with Gasteiger partial charge in [-0.05, 0) is 62.6 Å². The molecule has 2 amide bonds. The van der Waals surface area contributed by atoms with E-state index in [0.29, 0.717) is 23.3 Å². The number of nitrogens with one attached hydrogen (secondary N) is 2. The summed E-state index contributed by atoms with van der Waals surface area (Å²) >= 11 is 0. The molecule has 4 aromatic rings. The monoisotopic (exact) mass is 525 g/mol. The zero-order valence-electron chi connectivity index (χ0n) is 22.0. The number of carbonyl (C=O) groups is 2. The van der Waals surface area contributed by atoms with Crippen LogP contribution in [0.25, 0.3) is 16.9 Å². The smallest absolute Gasteiger partial charge is 0.251 e. The summed E-state index contributed by atoms with van der Waals surface area (Å²) in [6.45, 7) is 7.50. The lowest BCUT2D eigenvalue weighted by Gasteiger charge is -2.20. The number of hydrogen-bond donors (Lipinski definition) is 2. The van der Waals surface area contributed by atoms with E-state index < -0.39 is 0 Å². The largest absolute Gasteiger partial charge is 0.490 e. The highest BCUT2D eigenvalue weighted by molar-refractivity contribution is 5.95. The second kappa shape index (κ2) is 12.7. The summed E-state index contributed by atoms with van der Waals surface area (Å²) in [7, 11) is 0. The maximum absolute atomic E-state index is 13.1. The van der Waals surface area contributed by atoms with Gasteiger partial charge >= 0.3 is 0 Å². The first kappa shape index (κ1) is 28.9. The van der Waals surface area contributed by atoms with E-state index in [1.807, 2.05) is 74.0 Å². The molecule has 0 fully saturated rings. The van der Waals surface area contributed by atoms with Crippen LogP contribution in [0.2, 0.25) is 0 Å². The number of amides is 2. The third kappa shape index (κ3) is 7.23. The van der Waals surface area contributed by atoms with Crippen molar-refractivity contribution in [2.45, 2.75) is 53.7 Å². The van der Waals surface area contributed by atoms with Gasteiger partial charge in [0.1, 0.15) is 17.5 Å². The molecular weight excluding hydrogens is 490 g/mol. The minimum atomic E-state index is -0.354. The fraction of sp³-hybridized carbons (Fsp3) is 0.290. The number of ether oxygens (including phenoxy) is 1. The van der Waals surface area contributed by atoms with Crippen LogP contribution >= 0.6 is 0 Å². The number of hydrogen-bond acceptors (Lipinski definition) is 5. The molecule has 0 spiro atoms. The van der Waals surface area contributed by atoms with Crippen LogP contribution in [0.4, 0.5) is 0 Å². The van der Waals surface area contributed by atoms with Crippen molar-refractivity contribution in [3.05, 3.63) is 89.2 Å². The predicted molar refractivity (Wildman–Crippen MR) is 153 cm³/mol. The van der Waals surface area contributed by atoms with Gasteiger partial charge in [-0.3, -0.25) is 9.59 Å². The molecule has 0 aliphatic carbocycles. The Bertz CT molecular complexity index is 1500. The third-order valence-corrected chi connectivity index (χ3v) is 6.07. The molecule has 8 heteroatoms. The molecule has 4 rings (SSSR count). The molecule has 2 heterocycles. The van der Waals surface area contributed by atoms with Gasteiger partial charge in [-0.15, -0.1) is 0 Å². The Morgan fingerprint density at radius 1 is 1.13 bits per heavy atom. The first-order valence-electron chi connectivity index (χ1n) is 12.5. The van der Waals surface area contributed by atoms with Crippen molar-refractivity contribution >= 4 is 17.5 Å². The van der Waals surface area contributed by atoms with Crippen molar-refractivity contribution in [3.63, 3.8) is 0 Å². The molecule has 2 aromatic carbocycles. The van der Waals surface area contributed by atoms with Crippen molar-refractivity contribution in [1.82, 2.24) is 20.0 Å². The van der Waals surface area contributed by atoms with E-state index >= 15 is 0 Å². The summed E-state index contributed by atoms with van der Waals surface area (Å²) in [6, 6.07) is 18.6.